The van der Waals surface area contributed by atoms with Crippen molar-refractivity contribution >= 4 is 34.6 Å². The first-order valence-electron chi connectivity index (χ1n) is 7.69. The molecule has 11 nitrogen and oxygen atoms in total. The number of hydrogen-bond acceptors (Lipinski definition) is 7. The highest BCUT2D eigenvalue weighted by atomic mass is 16.6. The summed E-state index contributed by atoms with van der Waals surface area (Å²) in [6, 6.07) is 11.7. The van der Waals surface area contributed by atoms with E-state index in [0.29, 0.717) is 5.69 Å². The third-order valence-corrected chi connectivity index (χ3v) is 3.36. The van der Waals surface area contributed by atoms with Gasteiger partial charge in [-0.05, 0) is 18.2 Å². The topological polar surface area (TPSA) is 157 Å². The Bertz CT molecular complexity index is 871. The Morgan fingerprint density at radius 2 is 1.56 bits per heavy atom. The molecule has 2 amide bonds. The molecular formula is C16H15N5O6. The molecule has 3 N–H and O–H groups in total. The minimum Gasteiger partial charge on any atom is -0.326 e. The van der Waals surface area contributed by atoms with Crippen molar-refractivity contribution in [3.63, 3.8) is 0 Å². The Morgan fingerprint density at radius 3 is 2.19 bits per heavy atom. The molecule has 0 spiro atoms. The molecule has 0 unspecified atom stereocenters. The van der Waals surface area contributed by atoms with Crippen LogP contribution in [0.1, 0.15) is 12.8 Å². The van der Waals surface area contributed by atoms with E-state index in [1.807, 2.05) is 0 Å². The molecular weight excluding hydrogens is 358 g/mol. The van der Waals surface area contributed by atoms with Crippen LogP contribution in [0.2, 0.25) is 0 Å². The molecule has 0 atom stereocenters. The lowest BCUT2D eigenvalue weighted by atomic mass is 10.2. The van der Waals surface area contributed by atoms with Gasteiger partial charge in [-0.3, -0.25) is 40.7 Å². The van der Waals surface area contributed by atoms with Gasteiger partial charge in [0.1, 0.15) is 5.69 Å². The number of nitrogens with one attached hydrogen (secondary N) is 3. The number of amides is 2. The van der Waals surface area contributed by atoms with Crippen LogP contribution in [0.25, 0.3) is 0 Å². The van der Waals surface area contributed by atoms with Crippen molar-refractivity contribution in [1.29, 1.82) is 0 Å². The van der Waals surface area contributed by atoms with Crippen LogP contribution in [0.4, 0.5) is 22.7 Å². The number of rotatable bonds is 8. The lowest BCUT2D eigenvalue weighted by Gasteiger charge is -2.09. The predicted octanol–water partition coefficient (Wildman–Crippen LogP) is 2.37. The average molecular weight is 373 g/mol. The summed E-state index contributed by atoms with van der Waals surface area (Å²) in [7, 11) is 0. The molecule has 0 saturated carbocycles. The zero-order chi connectivity index (χ0) is 19.8. The number of nitro benzene ring substituents is 2. The number of carbonyl (C=O) groups is 2. The molecule has 0 bridgehead atoms. The molecule has 140 valence electrons. The van der Waals surface area contributed by atoms with Crippen LogP contribution in [0, 0.1) is 20.2 Å². The summed E-state index contributed by atoms with van der Waals surface area (Å²) < 4.78 is 0. The monoisotopic (exact) mass is 373 g/mol. The van der Waals surface area contributed by atoms with Crippen molar-refractivity contribution < 1.29 is 19.4 Å². The van der Waals surface area contributed by atoms with Gasteiger partial charge in [0.05, 0.1) is 15.9 Å². The van der Waals surface area contributed by atoms with Crippen LogP contribution < -0.4 is 16.2 Å². The number of nitro groups is 2. The molecule has 0 heterocycles. The van der Waals surface area contributed by atoms with E-state index >= 15 is 0 Å². The smallest absolute Gasteiger partial charge is 0.300 e. The maximum absolute atomic E-state index is 11.8. The Kier molecular flexibility index (Phi) is 6.36. The second-order valence-corrected chi connectivity index (χ2v) is 5.30. The summed E-state index contributed by atoms with van der Waals surface area (Å²) in [6.45, 7) is 0. The zero-order valence-electron chi connectivity index (χ0n) is 13.9. The first-order chi connectivity index (χ1) is 12.9. The number of non-ortho nitro benzene ring substituents is 1. The summed E-state index contributed by atoms with van der Waals surface area (Å²) in [4.78, 5) is 43.7. The molecule has 0 fully saturated rings. The van der Waals surface area contributed by atoms with Gasteiger partial charge in [0.25, 0.3) is 5.69 Å². The van der Waals surface area contributed by atoms with Gasteiger partial charge in [-0.2, -0.15) is 0 Å². The molecule has 0 radical (unpaired) electrons. The molecule has 0 aromatic heterocycles. The highest BCUT2D eigenvalue weighted by molar-refractivity contribution is 5.93. The van der Waals surface area contributed by atoms with E-state index in [4.69, 9.17) is 0 Å². The summed E-state index contributed by atoms with van der Waals surface area (Å²) >= 11 is 0. The van der Waals surface area contributed by atoms with E-state index in [9.17, 15) is 29.8 Å². The van der Waals surface area contributed by atoms with E-state index in [0.717, 1.165) is 18.2 Å². The molecule has 27 heavy (non-hydrogen) atoms. The average Bonchev–Trinajstić information content (AvgIpc) is 2.65. The van der Waals surface area contributed by atoms with Crippen LogP contribution in [0.15, 0.2) is 48.5 Å². The molecule has 0 aliphatic rings. The number of anilines is 2. The maximum atomic E-state index is 11.8. The van der Waals surface area contributed by atoms with Crippen molar-refractivity contribution in [2.45, 2.75) is 12.8 Å². The van der Waals surface area contributed by atoms with Gasteiger partial charge in [0.15, 0.2) is 0 Å². The quantitative estimate of drug-likeness (QED) is 0.473. The molecule has 2 aromatic rings. The van der Waals surface area contributed by atoms with Gasteiger partial charge in [0.2, 0.25) is 11.8 Å². The van der Waals surface area contributed by atoms with Crippen LogP contribution in [-0.2, 0) is 9.59 Å². The Balaban J connectivity index is 1.87. The Hall–Kier alpha value is -4.02. The van der Waals surface area contributed by atoms with Gasteiger partial charge in [0, 0.05) is 24.6 Å². The fourth-order valence-corrected chi connectivity index (χ4v) is 2.06. The zero-order valence-corrected chi connectivity index (χ0v) is 13.9. The third-order valence-electron chi connectivity index (χ3n) is 3.36. The molecule has 0 aliphatic carbocycles. The van der Waals surface area contributed by atoms with Gasteiger partial charge in [-0.15, -0.1) is 0 Å². The molecule has 11 heteroatoms. The minimum absolute atomic E-state index is 0.0925. The molecule has 2 rings (SSSR count). The van der Waals surface area contributed by atoms with Crippen LogP contribution in [0.3, 0.4) is 0 Å². The number of para-hydroxylation sites is 1. The van der Waals surface area contributed by atoms with E-state index in [2.05, 4.69) is 16.2 Å². The van der Waals surface area contributed by atoms with E-state index in [1.165, 1.54) is 0 Å². The molecule has 2 aromatic carbocycles. The number of benzene rings is 2. The highest BCUT2D eigenvalue weighted by Crippen LogP contribution is 2.28. The Labute approximate surface area is 152 Å². The fourth-order valence-electron chi connectivity index (χ4n) is 2.06. The van der Waals surface area contributed by atoms with Crippen molar-refractivity contribution in [3.05, 3.63) is 68.8 Å². The normalized spacial score (nSPS) is 9.93. The second-order valence-electron chi connectivity index (χ2n) is 5.30. The lowest BCUT2D eigenvalue weighted by Crippen LogP contribution is -2.30. The summed E-state index contributed by atoms with van der Waals surface area (Å²) in [6.07, 6.45) is -0.253. The minimum atomic E-state index is -0.811. The molecule has 0 aliphatic heterocycles. The van der Waals surface area contributed by atoms with Crippen LogP contribution in [-0.4, -0.2) is 21.7 Å². The number of nitrogens with zero attached hydrogens (tertiary/aromatic N) is 2. The third kappa shape index (κ3) is 5.77. The maximum Gasteiger partial charge on any atom is 0.300 e. The van der Waals surface area contributed by atoms with Crippen molar-refractivity contribution in [3.8, 4) is 0 Å². The number of hydrogen-bond donors (Lipinski definition) is 3. The predicted molar refractivity (Wildman–Crippen MR) is 95.8 cm³/mol. The largest absolute Gasteiger partial charge is 0.326 e. The van der Waals surface area contributed by atoms with Gasteiger partial charge in [-0.1, -0.05) is 18.2 Å². The SMILES string of the molecule is O=C(CCC(=O)Nc1ccccc1)NNc1ccc([N+](=O)[O-])cc1[N+](=O)[O-]. The van der Waals surface area contributed by atoms with Gasteiger partial charge >= 0.3 is 5.69 Å². The van der Waals surface area contributed by atoms with Crippen molar-refractivity contribution in [2.75, 3.05) is 10.7 Å². The number of carbonyl (C=O) groups excluding carboxylic acids is 2. The van der Waals surface area contributed by atoms with E-state index < -0.39 is 27.1 Å². The van der Waals surface area contributed by atoms with Crippen molar-refractivity contribution in [2.24, 2.45) is 0 Å². The fraction of sp³-hybridized carbons (Fsp3) is 0.125. The van der Waals surface area contributed by atoms with Gasteiger partial charge < -0.3 is 5.32 Å². The summed E-state index contributed by atoms with van der Waals surface area (Å²) in [5.41, 5.74) is 4.03. The van der Waals surface area contributed by atoms with Gasteiger partial charge in [-0.25, -0.2) is 0 Å². The van der Waals surface area contributed by atoms with Crippen LogP contribution >= 0.6 is 0 Å². The number of hydrazine groups is 1. The van der Waals surface area contributed by atoms with E-state index in [1.54, 1.807) is 30.3 Å². The second kappa shape index (κ2) is 8.89. The highest BCUT2D eigenvalue weighted by Gasteiger charge is 2.19. The standard InChI is InChI=1S/C16H15N5O6/c22-15(17-11-4-2-1-3-5-11)8-9-16(23)19-18-13-7-6-12(20(24)25)10-14(13)21(26)27/h1-7,10,18H,8-9H2,(H,17,22)(H,19,23). The molecule has 0 saturated heterocycles. The first-order valence-corrected chi connectivity index (χ1v) is 7.69. The Morgan fingerprint density at radius 1 is 0.889 bits per heavy atom. The van der Waals surface area contributed by atoms with E-state index in [-0.39, 0.29) is 24.4 Å². The van der Waals surface area contributed by atoms with Crippen molar-refractivity contribution in [1.82, 2.24) is 5.43 Å². The lowest BCUT2D eigenvalue weighted by molar-refractivity contribution is -0.393. The first kappa shape index (κ1) is 19.3. The summed E-state index contributed by atoms with van der Waals surface area (Å²) in [5.74, 6) is -0.941. The van der Waals surface area contributed by atoms with Crippen LogP contribution in [0.5, 0.6) is 0 Å². The summed E-state index contributed by atoms with van der Waals surface area (Å²) in [5, 5.41) is 24.3.